The van der Waals surface area contributed by atoms with Gasteiger partial charge in [0.25, 0.3) is 0 Å². The summed E-state index contributed by atoms with van der Waals surface area (Å²) in [5.41, 5.74) is 3.28. The topological polar surface area (TPSA) is 46.6 Å². The highest BCUT2D eigenvalue weighted by atomic mass is 35.5. The Bertz CT molecular complexity index is 1050. The zero-order chi connectivity index (χ0) is 23.4. The number of ether oxygens (including phenoxy) is 2. The fourth-order valence-electron chi connectivity index (χ4n) is 4.36. The van der Waals surface area contributed by atoms with Crippen LogP contribution in [0.5, 0.6) is 11.5 Å². The number of nitrogens with one attached hydrogen (secondary N) is 1. The molecule has 6 heteroatoms. The predicted octanol–water partition coefficient (Wildman–Crippen LogP) is 6.54. The van der Waals surface area contributed by atoms with Crippen molar-refractivity contribution in [2.45, 2.75) is 65.3 Å². The molecule has 5 nitrogen and oxygen atoms in total. The van der Waals surface area contributed by atoms with E-state index < -0.39 is 0 Å². The molecular weight excluding hydrogens is 434 g/mol. The Labute approximate surface area is 202 Å². The molecule has 0 bridgehead atoms. The minimum absolute atomic E-state index is 0.134. The van der Waals surface area contributed by atoms with Crippen LogP contribution < -0.4 is 14.8 Å². The van der Waals surface area contributed by atoms with Gasteiger partial charge in [-0.2, -0.15) is 0 Å². The van der Waals surface area contributed by atoms with Crippen molar-refractivity contribution in [1.82, 2.24) is 9.88 Å². The molecule has 1 N–H and O–H groups in total. The molecule has 33 heavy (non-hydrogen) atoms. The van der Waals surface area contributed by atoms with Gasteiger partial charge in [0.05, 0.1) is 17.7 Å². The summed E-state index contributed by atoms with van der Waals surface area (Å²) in [6, 6.07) is 14.7. The maximum Gasteiger partial charge on any atom is 0.123 e. The molecule has 1 fully saturated rings. The quantitative estimate of drug-likeness (QED) is 0.407. The second-order valence-electron chi connectivity index (χ2n) is 9.36. The summed E-state index contributed by atoms with van der Waals surface area (Å²) in [4.78, 5) is 6.96. The summed E-state index contributed by atoms with van der Waals surface area (Å²) in [6.07, 6.45) is 4.30. The number of hydrogen-bond donors (Lipinski definition) is 1. The molecule has 0 amide bonds. The maximum absolute atomic E-state index is 6.13. The van der Waals surface area contributed by atoms with Gasteiger partial charge in [0.1, 0.15) is 11.5 Å². The molecule has 2 aromatic carbocycles. The predicted molar refractivity (Wildman–Crippen MR) is 137 cm³/mol. The Hall–Kier alpha value is -2.50. The van der Waals surface area contributed by atoms with Crippen molar-refractivity contribution < 1.29 is 9.47 Å². The van der Waals surface area contributed by atoms with Gasteiger partial charge in [0, 0.05) is 54.0 Å². The van der Waals surface area contributed by atoms with E-state index in [4.69, 9.17) is 21.1 Å². The highest BCUT2D eigenvalue weighted by Gasteiger charge is 2.20. The van der Waals surface area contributed by atoms with Crippen LogP contribution in [0.25, 0.3) is 10.9 Å². The average molecular weight is 468 g/mol. The third kappa shape index (κ3) is 6.52. The largest absolute Gasteiger partial charge is 0.491 e. The van der Waals surface area contributed by atoms with Crippen LogP contribution >= 0.6 is 11.6 Å². The first-order valence-corrected chi connectivity index (χ1v) is 12.2. The third-order valence-corrected chi connectivity index (χ3v) is 5.98. The molecule has 0 radical (unpaired) electrons. The normalized spacial score (nSPS) is 15.4. The van der Waals surface area contributed by atoms with E-state index in [2.05, 4.69) is 33.4 Å². The first kappa shape index (κ1) is 23.7. The second-order valence-corrected chi connectivity index (χ2v) is 9.80. The van der Waals surface area contributed by atoms with Crippen LogP contribution in [-0.2, 0) is 6.54 Å². The fourth-order valence-corrected chi connectivity index (χ4v) is 4.53. The van der Waals surface area contributed by atoms with Crippen LogP contribution in [0.2, 0.25) is 5.02 Å². The lowest BCUT2D eigenvalue weighted by Crippen LogP contribution is -2.38. The summed E-state index contributed by atoms with van der Waals surface area (Å²) in [5, 5.41) is 5.57. The van der Waals surface area contributed by atoms with Gasteiger partial charge in [-0.05, 0) is 82.5 Å². The maximum atomic E-state index is 6.13. The Balaban J connectivity index is 1.38. The van der Waals surface area contributed by atoms with E-state index in [9.17, 15) is 0 Å². The van der Waals surface area contributed by atoms with Gasteiger partial charge in [-0.25, -0.2) is 0 Å². The number of likely N-dealkylation sites (tertiary alicyclic amines) is 1. The number of piperidine rings is 1. The Morgan fingerprint density at radius 2 is 1.64 bits per heavy atom. The molecular formula is C27H34ClN3O2. The molecule has 0 atom stereocenters. The molecule has 1 aliphatic heterocycles. The number of pyridine rings is 1. The summed E-state index contributed by atoms with van der Waals surface area (Å²) in [6.45, 7) is 11.2. The van der Waals surface area contributed by atoms with Gasteiger partial charge < -0.3 is 14.8 Å². The number of anilines is 1. The Morgan fingerprint density at radius 1 is 0.970 bits per heavy atom. The van der Waals surface area contributed by atoms with Crippen molar-refractivity contribution in [3.8, 4) is 11.5 Å². The summed E-state index contributed by atoms with van der Waals surface area (Å²) >= 11 is 6.13. The van der Waals surface area contributed by atoms with Gasteiger partial charge in [0.2, 0.25) is 0 Å². The molecule has 0 spiro atoms. The van der Waals surface area contributed by atoms with E-state index in [0.29, 0.717) is 11.1 Å². The fraction of sp³-hybridized carbons (Fsp3) is 0.444. The number of hydrogen-bond acceptors (Lipinski definition) is 5. The van der Waals surface area contributed by atoms with Crippen LogP contribution in [0.4, 0.5) is 5.69 Å². The van der Waals surface area contributed by atoms with E-state index in [1.54, 1.807) is 0 Å². The van der Waals surface area contributed by atoms with Crippen molar-refractivity contribution in [3.05, 3.63) is 59.2 Å². The molecule has 0 aliphatic carbocycles. The third-order valence-electron chi connectivity index (χ3n) is 5.74. The SMILES string of the molecule is CC(C)Oc1cc(CN2CCC(Nc3ccnc4cc(Cl)ccc34)CC2)cc(OC(C)C)c1. The van der Waals surface area contributed by atoms with Gasteiger partial charge in [0.15, 0.2) is 0 Å². The number of halogens is 1. The van der Waals surface area contributed by atoms with Crippen molar-refractivity contribution in [2.75, 3.05) is 18.4 Å². The van der Waals surface area contributed by atoms with Gasteiger partial charge in [-0.3, -0.25) is 9.88 Å². The summed E-state index contributed by atoms with van der Waals surface area (Å²) in [7, 11) is 0. The van der Waals surface area contributed by atoms with E-state index in [1.807, 2.05) is 58.2 Å². The highest BCUT2D eigenvalue weighted by molar-refractivity contribution is 6.31. The van der Waals surface area contributed by atoms with Crippen molar-refractivity contribution in [3.63, 3.8) is 0 Å². The Morgan fingerprint density at radius 3 is 2.27 bits per heavy atom. The molecule has 3 aromatic rings. The van der Waals surface area contributed by atoms with Crippen molar-refractivity contribution >= 4 is 28.2 Å². The highest BCUT2D eigenvalue weighted by Crippen LogP contribution is 2.28. The van der Waals surface area contributed by atoms with E-state index >= 15 is 0 Å². The van der Waals surface area contributed by atoms with Crippen LogP contribution in [-0.4, -0.2) is 41.2 Å². The molecule has 1 saturated heterocycles. The molecule has 1 aliphatic rings. The standard InChI is InChI=1S/C27H34ClN3O2/c1-18(2)32-23-13-20(14-24(16-23)33-19(3)4)17-31-11-8-22(9-12-31)30-26-7-10-29-27-15-21(28)5-6-25(26)27/h5-7,10,13-16,18-19,22H,8-9,11-12,17H2,1-4H3,(H,29,30). The van der Waals surface area contributed by atoms with Crippen molar-refractivity contribution in [2.24, 2.45) is 0 Å². The minimum Gasteiger partial charge on any atom is -0.491 e. The second kappa shape index (κ2) is 10.6. The van der Waals surface area contributed by atoms with E-state index in [1.165, 1.54) is 5.56 Å². The van der Waals surface area contributed by atoms with Crippen LogP contribution in [0.15, 0.2) is 48.7 Å². The lowest BCUT2D eigenvalue weighted by molar-refractivity contribution is 0.207. The molecule has 0 unspecified atom stereocenters. The number of aromatic nitrogens is 1. The molecule has 176 valence electrons. The van der Waals surface area contributed by atoms with Crippen LogP contribution in [0.3, 0.4) is 0 Å². The lowest BCUT2D eigenvalue weighted by Gasteiger charge is -2.33. The van der Waals surface area contributed by atoms with Crippen molar-refractivity contribution in [1.29, 1.82) is 0 Å². The van der Waals surface area contributed by atoms with Gasteiger partial charge in [-0.15, -0.1) is 0 Å². The summed E-state index contributed by atoms with van der Waals surface area (Å²) < 4.78 is 11.9. The number of fused-ring (bicyclic) bond motifs is 1. The first-order valence-electron chi connectivity index (χ1n) is 11.9. The van der Waals surface area contributed by atoms with Crippen LogP contribution in [0, 0.1) is 0 Å². The average Bonchev–Trinajstić information content (AvgIpc) is 2.74. The molecule has 2 heterocycles. The smallest absolute Gasteiger partial charge is 0.123 e. The first-order chi connectivity index (χ1) is 15.9. The van der Waals surface area contributed by atoms with Gasteiger partial charge >= 0.3 is 0 Å². The molecule has 4 rings (SSSR count). The molecule has 1 aromatic heterocycles. The molecule has 0 saturated carbocycles. The lowest BCUT2D eigenvalue weighted by atomic mass is 10.0. The zero-order valence-corrected chi connectivity index (χ0v) is 20.7. The van der Waals surface area contributed by atoms with E-state index in [-0.39, 0.29) is 12.2 Å². The van der Waals surface area contributed by atoms with Crippen LogP contribution in [0.1, 0.15) is 46.1 Å². The van der Waals surface area contributed by atoms with E-state index in [0.717, 1.165) is 60.6 Å². The number of rotatable bonds is 8. The number of nitrogens with zero attached hydrogens (tertiary/aromatic N) is 2. The minimum atomic E-state index is 0.134. The Kier molecular flexibility index (Phi) is 7.61. The summed E-state index contributed by atoms with van der Waals surface area (Å²) in [5.74, 6) is 1.75. The monoisotopic (exact) mass is 467 g/mol. The van der Waals surface area contributed by atoms with Gasteiger partial charge in [-0.1, -0.05) is 11.6 Å². The zero-order valence-electron chi connectivity index (χ0n) is 20.0. The number of benzene rings is 2.